The SMILES string of the molecule is NC(=O)C1C=Cc2ccncc2N1. The first-order valence-electron chi connectivity index (χ1n) is 3.95. The van der Waals surface area contributed by atoms with Crippen molar-refractivity contribution < 1.29 is 4.79 Å². The van der Waals surface area contributed by atoms with E-state index in [1.165, 1.54) is 0 Å². The second kappa shape index (κ2) is 2.90. The van der Waals surface area contributed by atoms with Crippen LogP contribution in [-0.2, 0) is 4.79 Å². The number of hydrogen-bond acceptors (Lipinski definition) is 3. The number of fused-ring (bicyclic) bond motifs is 1. The summed E-state index contributed by atoms with van der Waals surface area (Å²) in [7, 11) is 0. The van der Waals surface area contributed by atoms with Gasteiger partial charge in [0.2, 0.25) is 5.91 Å². The van der Waals surface area contributed by atoms with E-state index in [1.807, 2.05) is 12.1 Å². The van der Waals surface area contributed by atoms with Crippen LogP contribution in [0.1, 0.15) is 5.56 Å². The van der Waals surface area contributed by atoms with Gasteiger partial charge in [-0.15, -0.1) is 0 Å². The molecule has 1 amide bonds. The van der Waals surface area contributed by atoms with Crippen LogP contribution in [0.4, 0.5) is 5.69 Å². The molecule has 0 aliphatic carbocycles. The molecule has 0 bridgehead atoms. The summed E-state index contributed by atoms with van der Waals surface area (Å²) < 4.78 is 0. The van der Waals surface area contributed by atoms with Gasteiger partial charge in [0.15, 0.2) is 0 Å². The number of nitrogens with one attached hydrogen (secondary N) is 1. The highest BCUT2D eigenvalue weighted by Gasteiger charge is 2.16. The highest BCUT2D eigenvalue weighted by Crippen LogP contribution is 2.20. The van der Waals surface area contributed by atoms with Crippen LogP contribution >= 0.6 is 0 Å². The van der Waals surface area contributed by atoms with Crippen molar-refractivity contribution in [1.82, 2.24) is 4.98 Å². The zero-order valence-corrected chi connectivity index (χ0v) is 6.90. The first-order chi connectivity index (χ1) is 6.27. The Morgan fingerprint density at radius 3 is 3.23 bits per heavy atom. The summed E-state index contributed by atoms with van der Waals surface area (Å²) in [6.45, 7) is 0. The van der Waals surface area contributed by atoms with Crippen LogP contribution in [0.2, 0.25) is 0 Å². The lowest BCUT2D eigenvalue weighted by molar-refractivity contribution is -0.117. The summed E-state index contributed by atoms with van der Waals surface area (Å²) in [4.78, 5) is 14.8. The monoisotopic (exact) mass is 175 g/mol. The minimum atomic E-state index is -0.420. The van der Waals surface area contributed by atoms with Crippen LogP contribution in [0.5, 0.6) is 0 Å². The van der Waals surface area contributed by atoms with Crippen molar-refractivity contribution >= 4 is 17.7 Å². The van der Waals surface area contributed by atoms with Crippen LogP contribution < -0.4 is 11.1 Å². The maximum atomic E-state index is 10.9. The van der Waals surface area contributed by atoms with Crippen LogP contribution in [0.3, 0.4) is 0 Å². The van der Waals surface area contributed by atoms with Gasteiger partial charge in [0.25, 0.3) is 0 Å². The molecule has 1 aromatic heterocycles. The second-order valence-electron chi connectivity index (χ2n) is 2.85. The van der Waals surface area contributed by atoms with E-state index in [9.17, 15) is 4.79 Å². The van der Waals surface area contributed by atoms with Gasteiger partial charge < -0.3 is 11.1 Å². The van der Waals surface area contributed by atoms with Gasteiger partial charge in [0, 0.05) is 11.8 Å². The van der Waals surface area contributed by atoms with Crippen molar-refractivity contribution in [3.05, 3.63) is 30.1 Å². The van der Waals surface area contributed by atoms with E-state index in [0.717, 1.165) is 11.3 Å². The molecule has 0 saturated heterocycles. The molecule has 1 aromatic rings. The normalized spacial score (nSPS) is 18.9. The molecule has 0 fully saturated rings. The number of hydrogen-bond donors (Lipinski definition) is 2. The number of amides is 1. The molecule has 13 heavy (non-hydrogen) atoms. The molecule has 0 aromatic carbocycles. The molecular formula is C9H9N3O. The molecule has 0 radical (unpaired) electrons. The molecule has 0 spiro atoms. The Morgan fingerprint density at radius 2 is 2.46 bits per heavy atom. The third-order valence-corrected chi connectivity index (χ3v) is 1.94. The number of carbonyl (C=O) groups excluding carboxylic acids is 1. The summed E-state index contributed by atoms with van der Waals surface area (Å²) in [6, 6.07) is 1.45. The molecule has 0 saturated carbocycles. The molecule has 1 unspecified atom stereocenters. The first-order valence-corrected chi connectivity index (χ1v) is 3.95. The molecule has 3 N–H and O–H groups in total. The van der Waals surface area contributed by atoms with Gasteiger partial charge >= 0.3 is 0 Å². The number of primary amides is 1. The lowest BCUT2D eigenvalue weighted by Crippen LogP contribution is -2.35. The molecule has 2 heterocycles. The minimum absolute atomic E-state index is 0.384. The van der Waals surface area contributed by atoms with E-state index in [4.69, 9.17) is 5.73 Å². The number of carbonyl (C=O) groups is 1. The molecule has 66 valence electrons. The Morgan fingerprint density at radius 1 is 1.62 bits per heavy atom. The fourth-order valence-electron chi connectivity index (χ4n) is 1.25. The number of nitrogens with two attached hydrogens (primary N) is 1. The largest absolute Gasteiger partial charge is 0.369 e. The van der Waals surface area contributed by atoms with Crippen molar-refractivity contribution in [2.24, 2.45) is 5.73 Å². The Bertz CT molecular complexity index is 373. The molecule has 1 aliphatic heterocycles. The number of rotatable bonds is 1. The maximum Gasteiger partial charge on any atom is 0.243 e. The van der Waals surface area contributed by atoms with Gasteiger partial charge in [-0.2, -0.15) is 0 Å². The van der Waals surface area contributed by atoms with E-state index in [0.29, 0.717) is 0 Å². The average Bonchev–Trinajstić information content (AvgIpc) is 2.17. The molecule has 1 atom stereocenters. The summed E-state index contributed by atoms with van der Waals surface area (Å²) in [5, 5.41) is 2.97. The number of pyridine rings is 1. The van der Waals surface area contributed by atoms with Gasteiger partial charge in [0.1, 0.15) is 6.04 Å². The Balaban J connectivity index is 2.34. The van der Waals surface area contributed by atoms with Crippen molar-refractivity contribution in [2.75, 3.05) is 5.32 Å². The van der Waals surface area contributed by atoms with E-state index in [2.05, 4.69) is 10.3 Å². The fourth-order valence-corrected chi connectivity index (χ4v) is 1.25. The van der Waals surface area contributed by atoms with E-state index in [1.54, 1.807) is 18.5 Å². The van der Waals surface area contributed by atoms with Crippen molar-refractivity contribution in [2.45, 2.75) is 6.04 Å². The molecule has 4 nitrogen and oxygen atoms in total. The first kappa shape index (κ1) is 7.79. The van der Waals surface area contributed by atoms with Crippen LogP contribution in [0.15, 0.2) is 24.5 Å². The third-order valence-electron chi connectivity index (χ3n) is 1.94. The zero-order chi connectivity index (χ0) is 9.26. The topological polar surface area (TPSA) is 68.0 Å². The predicted molar refractivity (Wildman–Crippen MR) is 49.9 cm³/mol. The van der Waals surface area contributed by atoms with Gasteiger partial charge in [-0.25, -0.2) is 0 Å². The summed E-state index contributed by atoms with van der Waals surface area (Å²) in [5.41, 5.74) is 7.01. The Labute approximate surface area is 75.5 Å². The minimum Gasteiger partial charge on any atom is -0.369 e. The van der Waals surface area contributed by atoms with Gasteiger partial charge in [0.05, 0.1) is 11.9 Å². The van der Waals surface area contributed by atoms with E-state index < -0.39 is 6.04 Å². The van der Waals surface area contributed by atoms with Crippen LogP contribution in [-0.4, -0.2) is 16.9 Å². The third kappa shape index (κ3) is 1.38. The quantitative estimate of drug-likeness (QED) is 0.648. The second-order valence-corrected chi connectivity index (χ2v) is 2.85. The molecule has 1 aliphatic rings. The molecule has 4 heteroatoms. The van der Waals surface area contributed by atoms with Crippen LogP contribution in [0.25, 0.3) is 6.08 Å². The van der Waals surface area contributed by atoms with E-state index in [-0.39, 0.29) is 5.91 Å². The Kier molecular flexibility index (Phi) is 1.73. The fraction of sp³-hybridized carbons (Fsp3) is 0.111. The maximum absolute atomic E-state index is 10.9. The standard InChI is InChI=1S/C9H9N3O/c10-9(13)7-2-1-6-3-4-11-5-8(6)12-7/h1-5,7,12H,(H2,10,13). The smallest absolute Gasteiger partial charge is 0.243 e. The zero-order valence-electron chi connectivity index (χ0n) is 6.90. The van der Waals surface area contributed by atoms with Crippen molar-refractivity contribution in [1.29, 1.82) is 0 Å². The predicted octanol–water partition coefficient (Wildman–Crippen LogP) is 0.374. The molecular weight excluding hydrogens is 166 g/mol. The molecule has 2 rings (SSSR count). The van der Waals surface area contributed by atoms with Gasteiger partial charge in [-0.1, -0.05) is 12.2 Å². The Hall–Kier alpha value is -1.84. The lowest BCUT2D eigenvalue weighted by atomic mass is 10.1. The van der Waals surface area contributed by atoms with E-state index >= 15 is 0 Å². The number of nitrogens with zero attached hydrogens (tertiary/aromatic N) is 1. The summed E-state index contributed by atoms with van der Waals surface area (Å²) >= 11 is 0. The highest BCUT2D eigenvalue weighted by molar-refractivity contribution is 5.89. The number of anilines is 1. The number of aromatic nitrogens is 1. The van der Waals surface area contributed by atoms with Crippen molar-refractivity contribution in [3.8, 4) is 0 Å². The summed E-state index contributed by atoms with van der Waals surface area (Å²) in [5.74, 6) is -0.384. The summed E-state index contributed by atoms with van der Waals surface area (Å²) in [6.07, 6.45) is 6.98. The van der Waals surface area contributed by atoms with Crippen molar-refractivity contribution in [3.63, 3.8) is 0 Å². The highest BCUT2D eigenvalue weighted by atomic mass is 16.1. The average molecular weight is 175 g/mol. The lowest BCUT2D eigenvalue weighted by Gasteiger charge is -2.18. The van der Waals surface area contributed by atoms with Crippen LogP contribution in [0, 0.1) is 0 Å². The van der Waals surface area contributed by atoms with Gasteiger partial charge in [-0.3, -0.25) is 9.78 Å². The van der Waals surface area contributed by atoms with Gasteiger partial charge in [-0.05, 0) is 6.07 Å².